The zero-order valence-corrected chi connectivity index (χ0v) is 19.0. The summed E-state index contributed by atoms with van der Waals surface area (Å²) in [5, 5.41) is 0. The van der Waals surface area contributed by atoms with E-state index >= 15 is 0 Å². The monoisotopic (exact) mass is 468 g/mol. The summed E-state index contributed by atoms with van der Waals surface area (Å²) in [5.41, 5.74) is 2.40. The minimum atomic E-state index is -0.975. The van der Waals surface area contributed by atoms with Crippen LogP contribution in [0.1, 0.15) is 48.8 Å². The van der Waals surface area contributed by atoms with Gasteiger partial charge >= 0.3 is 0 Å². The molecule has 5 rings (SSSR count). The molecule has 3 aromatic rings. The zero-order chi connectivity index (χ0) is 23.7. The highest BCUT2D eigenvalue weighted by Crippen LogP contribution is 2.39. The van der Waals surface area contributed by atoms with Gasteiger partial charge in [-0.1, -0.05) is 24.3 Å². The summed E-state index contributed by atoms with van der Waals surface area (Å²) in [7, 11) is 1.55. The standard InChI is InChI=1S/C28H27F3O3/c1-32-21-9-6-19(7-10-21)22-12-13-25(28(31)27(22)30)33-15-17-2-4-18(5-3-17)20-8-11-23(24(29)14-20)26-16-34-26/h6-14,17-18,26H,2-5,15-16H2,1H3. The lowest BCUT2D eigenvalue weighted by molar-refractivity contribution is 0.192. The van der Waals surface area contributed by atoms with Crippen molar-refractivity contribution < 1.29 is 27.4 Å². The molecular weight excluding hydrogens is 441 g/mol. The van der Waals surface area contributed by atoms with E-state index in [-0.39, 0.29) is 29.2 Å². The van der Waals surface area contributed by atoms with Crippen LogP contribution in [-0.2, 0) is 4.74 Å². The summed E-state index contributed by atoms with van der Waals surface area (Å²) in [6.45, 7) is 0.924. The SMILES string of the molecule is COc1ccc(-c2ccc(OCC3CCC(c4ccc(C5CO5)c(F)c4)CC3)c(F)c2F)cc1. The molecule has 0 amide bonds. The first-order valence-electron chi connectivity index (χ1n) is 11.7. The Morgan fingerprint density at radius 2 is 1.62 bits per heavy atom. The fourth-order valence-electron chi connectivity index (χ4n) is 4.79. The molecule has 1 unspecified atom stereocenters. The summed E-state index contributed by atoms with van der Waals surface area (Å²) < 4.78 is 59.7. The third-order valence-corrected chi connectivity index (χ3v) is 6.95. The van der Waals surface area contributed by atoms with Crippen LogP contribution in [0.25, 0.3) is 11.1 Å². The van der Waals surface area contributed by atoms with Crippen LogP contribution >= 0.6 is 0 Å². The summed E-state index contributed by atoms with van der Waals surface area (Å²) in [6.07, 6.45) is 3.54. The van der Waals surface area contributed by atoms with Crippen molar-refractivity contribution in [2.24, 2.45) is 5.92 Å². The van der Waals surface area contributed by atoms with E-state index in [1.165, 1.54) is 12.1 Å². The summed E-state index contributed by atoms with van der Waals surface area (Å²) in [5.74, 6) is -0.959. The number of ether oxygens (including phenoxy) is 3. The maximum absolute atomic E-state index is 14.7. The van der Waals surface area contributed by atoms with Gasteiger partial charge in [0.1, 0.15) is 17.7 Å². The Kier molecular flexibility index (Phi) is 6.50. The van der Waals surface area contributed by atoms with Gasteiger partial charge in [0.25, 0.3) is 0 Å². The van der Waals surface area contributed by atoms with Crippen molar-refractivity contribution in [3.05, 3.63) is 83.2 Å². The van der Waals surface area contributed by atoms with Crippen LogP contribution in [0.3, 0.4) is 0 Å². The van der Waals surface area contributed by atoms with Gasteiger partial charge in [0.2, 0.25) is 5.82 Å². The van der Waals surface area contributed by atoms with Crippen LogP contribution in [0.15, 0.2) is 54.6 Å². The highest BCUT2D eigenvalue weighted by atomic mass is 19.2. The number of halogens is 3. The highest BCUT2D eigenvalue weighted by molar-refractivity contribution is 5.66. The van der Waals surface area contributed by atoms with Gasteiger partial charge in [0.05, 0.1) is 20.3 Å². The molecule has 1 saturated carbocycles. The minimum absolute atomic E-state index is 0.0724. The van der Waals surface area contributed by atoms with Crippen molar-refractivity contribution in [1.82, 2.24) is 0 Å². The third kappa shape index (κ3) is 4.78. The molecule has 1 aliphatic heterocycles. The molecule has 3 nitrogen and oxygen atoms in total. The molecule has 1 saturated heterocycles. The Bertz CT molecular complexity index is 1150. The normalized spacial score (nSPS) is 21.8. The molecule has 1 heterocycles. The lowest BCUT2D eigenvalue weighted by Crippen LogP contribution is -2.20. The van der Waals surface area contributed by atoms with Gasteiger partial charge in [0, 0.05) is 11.1 Å². The maximum Gasteiger partial charge on any atom is 0.201 e. The average Bonchev–Trinajstić information content (AvgIpc) is 3.71. The van der Waals surface area contributed by atoms with Gasteiger partial charge in [-0.05, 0) is 79.0 Å². The molecular formula is C28H27F3O3. The number of rotatable bonds is 7. The maximum atomic E-state index is 14.7. The molecule has 6 heteroatoms. The van der Waals surface area contributed by atoms with Crippen LogP contribution in [0.4, 0.5) is 13.2 Å². The minimum Gasteiger partial charge on any atom is -0.497 e. The van der Waals surface area contributed by atoms with Crippen LogP contribution in [0, 0.1) is 23.4 Å². The van der Waals surface area contributed by atoms with E-state index in [9.17, 15) is 13.2 Å². The Labute approximate surface area is 197 Å². The molecule has 2 fully saturated rings. The first-order valence-corrected chi connectivity index (χ1v) is 11.7. The van der Waals surface area contributed by atoms with E-state index < -0.39 is 11.6 Å². The fourth-order valence-corrected chi connectivity index (χ4v) is 4.79. The smallest absolute Gasteiger partial charge is 0.201 e. The third-order valence-electron chi connectivity index (χ3n) is 6.95. The summed E-state index contributed by atoms with van der Waals surface area (Å²) in [4.78, 5) is 0. The number of hydrogen-bond acceptors (Lipinski definition) is 3. The Hall–Kier alpha value is -2.99. The van der Waals surface area contributed by atoms with Gasteiger partial charge in [-0.15, -0.1) is 0 Å². The van der Waals surface area contributed by atoms with Crippen LogP contribution in [0.2, 0.25) is 0 Å². The molecule has 0 radical (unpaired) electrons. The van der Waals surface area contributed by atoms with Crippen LogP contribution in [0.5, 0.6) is 11.5 Å². The van der Waals surface area contributed by atoms with Crippen molar-refractivity contribution in [3.8, 4) is 22.6 Å². The number of epoxide rings is 1. The quantitative estimate of drug-likeness (QED) is 0.344. The Morgan fingerprint density at radius 1 is 0.882 bits per heavy atom. The molecule has 1 aliphatic carbocycles. The molecule has 0 spiro atoms. The van der Waals surface area contributed by atoms with Gasteiger partial charge < -0.3 is 14.2 Å². The average molecular weight is 469 g/mol. The van der Waals surface area contributed by atoms with E-state index in [4.69, 9.17) is 14.2 Å². The van der Waals surface area contributed by atoms with Crippen LogP contribution < -0.4 is 9.47 Å². The lowest BCUT2D eigenvalue weighted by Gasteiger charge is -2.29. The van der Waals surface area contributed by atoms with Gasteiger partial charge in [-0.25, -0.2) is 8.78 Å². The second-order valence-corrected chi connectivity index (χ2v) is 9.10. The second-order valence-electron chi connectivity index (χ2n) is 9.10. The van der Waals surface area contributed by atoms with Crippen molar-refractivity contribution in [1.29, 1.82) is 0 Å². The van der Waals surface area contributed by atoms with Gasteiger partial charge in [-0.2, -0.15) is 4.39 Å². The predicted molar refractivity (Wildman–Crippen MR) is 124 cm³/mol. The van der Waals surface area contributed by atoms with E-state index in [0.29, 0.717) is 36.0 Å². The molecule has 1 atom stereocenters. The zero-order valence-electron chi connectivity index (χ0n) is 19.0. The van der Waals surface area contributed by atoms with E-state index in [1.807, 2.05) is 12.1 Å². The van der Waals surface area contributed by atoms with Crippen molar-refractivity contribution >= 4 is 0 Å². The Morgan fingerprint density at radius 3 is 2.26 bits per heavy atom. The molecule has 0 bridgehead atoms. The number of benzene rings is 3. The molecule has 0 aromatic heterocycles. The van der Waals surface area contributed by atoms with Crippen molar-refractivity contribution in [2.45, 2.75) is 37.7 Å². The van der Waals surface area contributed by atoms with Crippen molar-refractivity contribution in [3.63, 3.8) is 0 Å². The first-order chi connectivity index (χ1) is 16.5. The number of hydrogen-bond donors (Lipinski definition) is 0. The molecule has 34 heavy (non-hydrogen) atoms. The largest absolute Gasteiger partial charge is 0.497 e. The van der Waals surface area contributed by atoms with Gasteiger partial charge in [0.15, 0.2) is 11.6 Å². The molecule has 178 valence electrons. The molecule has 3 aromatic carbocycles. The molecule has 2 aliphatic rings. The summed E-state index contributed by atoms with van der Waals surface area (Å²) >= 11 is 0. The number of methoxy groups -OCH3 is 1. The Balaban J connectivity index is 1.17. The highest BCUT2D eigenvalue weighted by Gasteiger charge is 2.29. The predicted octanol–water partition coefficient (Wildman–Crippen LogP) is 7.20. The van der Waals surface area contributed by atoms with Crippen molar-refractivity contribution in [2.75, 3.05) is 20.3 Å². The van der Waals surface area contributed by atoms with E-state index in [2.05, 4.69) is 0 Å². The van der Waals surface area contributed by atoms with E-state index in [0.717, 1.165) is 31.2 Å². The summed E-state index contributed by atoms with van der Waals surface area (Å²) in [6, 6.07) is 15.3. The first kappa shape index (κ1) is 22.8. The van der Waals surface area contributed by atoms with E-state index in [1.54, 1.807) is 37.4 Å². The topological polar surface area (TPSA) is 31.0 Å². The second kappa shape index (κ2) is 9.71. The lowest BCUT2D eigenvalue weighted by atomic mass is 9.79. The molecule has 0 N–H and O–H groups in total. The van der Waals surface area contributed by atoms with Gasteiger partial charge in [-0.3, -0.25) is 0 Å². The fraction of sp³-hybridized carbons (Fsp3) is 0.357. The van der Waals surface area contributed by atoms with Crippen LogP contribution in [-0.4, -0.2) is 20.3 Å².